The molecule has 186 valence electrons. The average Bonchev–Trinajstić information content (AvgIpc) is 2.85. The van der Waals surface area contributed by atoms with Gasteiger partial charge in [0.2, 0.25) is 0 Å². The molecule has 1 aromatic heterocycles. The van der Waals surface area contributed by atoms with Crippen LogP contribution < -0.4 is 11.1 Å². The maximum Gasteiger partial charge on any atom is 0.408 e. The highest BCUT2D eigenvalue weighted by molar-refractivity contribution is 6.31. The summed E-state index contributed by atoms with van der Waals surface area (Å²) >= 11 is 5.99. The summed E-state index contributed by atoms with van der Waals surface area (Å²) in [6, 6.07) is 16.9. The molecular formula is C26H29ClFN3O4. The van der Waals surface area contributed by atoms with E-state index in [-0.39, 0.29) is 30.5 Å². The number of nitrogens with two attached hydrogens (primary N) is 1. The first-order valence-electron chi connectivity index (χ1n) is 11.0. The van der Waals surface area contributed by atoms with Crippen LogP contribution in [0.3, 0.4) is 0 Å². The number of benzene rings is 2. The van der Waals surface area contributed by atoms with E-state index in [2.05, 4.69) is 10.3 Å². The SMILES string of the molecule is COCC(C)(NC(=O)OCc1ccccc1)c1cc(-c2ccc(F)c(Cl)c2)nc(C(C)(O)CN)c1. The number of halogens is 2. The summed E-state index contributed by atoms with van der Waals surface area (Å²) in [7, 11) is 1.51. The van der Waals surface area contributed by atoms with Crippen LogP contribution in [0.5, 0.6) is 0 Å². The molecule has 1 heterocycles. The molecule has 0 spiro atoms. The molecule has 7 nitrogen and oxygen atoms in total. The molecule has 1 amide bonds. The molecule has 0 aliphatic carbocycles. The van der Waals surface area contributed by atoms with Crippen LogP contribution in [-0.2, 0) is 27.2 Å². The van der Waals surface area contributed by atoms with Gasteiger partial charge in [0.05, 0.1) is 28.6 Å². The molecule has 3 aromatic rings. The van der Waals surface area contributed by atoms with Gasteiger partial charge in [-0.25, -0.2) is 14.2 Å². The van der Waals surface area contributed by atoms with E-state index in [1.807, 2.05) is 30.3 Å². The number of hydrogen-bond acceptors (Lipinski definition) is 6. The second-order valence-electron chi connectivity index (χ2n) is 8.69. The van der Waals surface area contributed by atoms with E-state index in [0.29, 0.717) is 16.8 Å². The fourth-order valence-electron chi connectivity index (χ4n) is 3.50. The van der Waals surface area contributed by atoms with E-state index in [9.17, 15) is 14.3 Å². The molecule has 0 aliphatic heterocycles. The summed E-state index contributed by atoms with van der Waals surface area (Å²) in [5.74, 6) is -0.562. The van der Waals surface area contributed by atoms with E-state index in [0.717, 1.165) is 5.56 Å². The zero-order chi connectivity index (χ0) is 25.6. The van der Waals surface area contributed by atoms with Crippen LogP contribution >= 0.6 is 11.6 Å². The number of pyridine rings is 1. The highest BCUT2D eigenvalue weighted by Crippen LogP contribution is 2.32. The van der Waals surface area contributed by atoms with Crippen LogP contribution in [-0.4, -0.2) is 36.4 Å². The van der Waals surface area contributed by atoms with Crippen LogP contribution in [0.15, 0.2) is 60.7 Å². The molecular weight excluding hydrogens is 473 g/mol. The quantitative estimate of drug-likeness (QED) is 0.398. The minimum Gasteiger partial charge on any atom is -0.445 e. The van der Waals surface area contributed by atoms with Gasteiger partial charge in [0.15, 0.2) is 0 Å². The van der Waals surface area contributed by atoms with Gasteiger partial charge in [-0.1, -0.05) is 41.9 Å². The molecule has 2 aromatic carbocycles. The van der Waals surface area contributed by atoms with Crippen molar-refractivity contribution in [2.45, 2.75) is 31.6 Å². The third-order valence-corrected chi connectivity index (χ3v) is 5.94. The maximum absolute atomic E-state index is 13.8. The number of aromatic nitrogens is 1. The van der Waals surface area contributed by atoms with E-state index in [4.69, 9.17) is 26.8 Å². The number of ether oxygens (including phenoxy) is 2. The van der Waals surface area contributed by atoms with Gasteiger partial charge < -0.3 is 25.6 Å². The molecule has 9 heteroatoms. The van der Waals surface area contributed by atoms with Crippen LogP contribution in [0.2, 0.25) is 5.02 Å². The third-order valence-electron chi connectivity index (χ3n) is 5.65. The fraction of sp³-hybridized carbons (Fsp3) is 0.308. The fourth-order valence-corrected chi connectivity index (χ4v) is 3.68. The highest BCUT2D eigenvalue weighted by atomic mass is 35.5. The Hall–Kier alpha value is -3.04. The predicted molar refractivity (Wildman–Crippen MR) is 132 cm³/mol. The predicted octanol–water partition coefficient (Wildman–Crippen LogP) is 4.50. The van der Waals surface area contributed by atoms with Gasteiger partial charge in [-0.05, 0) is 55.3 Å². The van der Waals surface area contributed by atoms with Crippen molar-refractivity contribution in [3.63, 3.8) is 0 Å². The lowest BCUT2D eigenvalue weighted by atomic mass is 9.89. The van der Waals surface area contributed by atoms with Crippen LogP contribution in [0, 0.1) is 5.82 Å². The first-order chi connectivity index (χ1) is 16.6. The molecule has 0 bridgehead atoms. The third kappa shape index (κ3) is 6.55. The van der Waals surface area contributed by atoms with Crippen molar-refractivity contribution in [2.75, 3.05) is 20.3 Å². The molecule has 4 N–H and O–H groups in total. The van der Waals surface area contributed by atoms with Gasteiger partial charge in [-0.2, -0.15) is 0 Å². The molecule has 2 atom stereocenters. The van der Waals surface area contributed by atoms with E-state index in [1.54, 1.807) is 19.1 Å². The Morgan fingerprint density at radius 1 is 1.17 bits per heavy atom. The molecule has 0 fully saturated rings. The van der Waals surface area contributed by atoms with Crippen molar-refractivity contribution in [3.8, 4) is 11.3 Å². The number of methoxy groups -OCH3 is 1. The smallest absolute Gasteiger partial charge is 0.408 e. The Kier molecular flexibility index (Phi) is 8.45. The number of amides is 1. The minimum absolute atomic E-state index is 0.0656. The van der Waals surface area contributed by atoms with Gasteiger partial charge in [0.25, 0.3) is 0 Å². The molecule has 0 saturated heterocycles. The summed E-state index contributed by atoms with van der Waals surface area (Å²) in [6.45, 7) is 3.39. The van der Waals surface area contributed by atoms with Gasteiger partial charge in [0, 0.05) is 19.2 Å². The average molecular weight is 502 g/mol. The zero-order valence-electron chi connectivity index (χ0n) is 19.8. The number of rotatable bonds is 9. The number of hydrogen-bond donors (Lipinski definition) is 3. The Balaban J connectivity index is 2.00. The van der Waals surface area contributed by atoms with Crippen molar-refractivity contribution < 1.29 is 23.8 Å². The number of aliphatic hydroxyl groups is 1. The molecule has 0 radical (unpaired) electrons. The van der Waals surface area contributed by atoms with E-state index < -0.39 is 23.1 Å². The second kappa shape index (κ2) is 11.1. The zero-order valence-corrected chi connectivity index (χ0v) is 20.6. The Morgan fingerprint density at radius 2 is 1.89 bits per heavy atom. The molecule has 0 aliphatic rings. The summed E-state index contributed by atoms with van der Waals surface area (Å²) in [6.07, 6.45) is -0.649. The minimum atomic E-state index is -1.46. The summed E-state index contributed by atoms with van der Waals surface area (Å²) in [4.78, 5) is 17.3. The van der Waals surface area contributed by atoms with E-state index in [1.165, 1.54) is 32.2 Å². The van der Waals surface area contributed by atoms with Crippen molar-refractivity contribution >= 4 is 17.7 Å². The largest absolute Gasteiger partial charge is 0.445 e. The van der Waals surface area contributed by atoms with Crippen molar-refractivity contribution in [2.24, 2.45) is 5.73 Å². The van der Waals surface area contributed by atoms with Gasteiger partial charge in [-0.3, -0.25) is 0 Å². The van der Waals surface area contributed by atoms with Crippen molar-refractivity contribution in [3.05, 3.63) is 88.3 Å². The number of carbonyl (C=O) groups excluding carboxylic acids is 1. The second-order valence-corrected chi connectivity index (χ2v) is 9.09. The van der Waals surface area contributed by atoms with Gasteiger partial charge >= 0.3 is 6.09 Å². The summed E-state index contributed by atoms with van der Waals surface area (Å²) in [5.41, 5.74) is 5.89. The Labute approximate surface area is 209 Å². The van der Waals surface area contributed by atoms with Crippen LogP contribution in [0.1, 0.15) is 30.7 Å². The van der Waals surface area contributed by atoms with Gasteiger partial charge in [-0.15, -0.1) is 0 Å². The normalized spacial score (nSPS) is 14.6. The molecule has 35 heavy (non-hydrogen) atoms. The number of nitrogens with one attached hydrogen (secondary N) is 1. The maximum atomic E-state index is 13.8. The van der Waals surface area contributed by atoms with Gasteiger partial charge in [0.1, 0.15) is 18.0 Å². The number of alkyl carbamates (subject to hydrolysis) is 1. The number of nitrogens with zero attached hydrogens (tertiary/aromatic N) is 1. The Bertz CT molecular complexity index is 1180. The van der Waals surface area contributed by atoms with Crippen LogP contribution in [0.4, 0.5) is 9.18 Å². The summed E-state index contributed by atoms with van der Waals surface area (Å²) in [5, 5.41) is 13.7. The lowest BCUT2D eigenvalue weighted by molar-refractivity contribution is 0.0616. The first-order valence-corrected chi connectivity index (χ1v) is 11.3. The lowest BCUT2D eigenvalue weighted by Crippen LogP contribution is -2.47. The number of carbonyl (C=O) groups is 1. The topological polar surface area (TPSA) is 107 Å². The molecule has 2 unspecified atom stereocenters. The standard InChI is InChI=1S/C26H29ClFN3O4/c1-25(16-34-3,31-24(32)35-14-17-7-5-4-6-8-17)19-12-22(18-9-10-21(28)20(27)11-18)30-23(13-19)26(2,33)15-29/h4-13,33H,14-16,29H2,1-3H3,(H,31,32). The monoisotopic (exact) mass is 501 g/mol. The Morgan fingerprint density at radius 3 is 2.51 bits per heavy atom. The first kappa shape index (κ1) is 26.6. The van der Waals surface area contributed by atoms with E-state index >= 15 is 0 Å². The molecule has 3 rings (SSSR count). The molecule has 0 saturated carbocycles. The van der Waals surface area contributed by atoms with Crippen molar-refractivity contribution in [1.29, 1.82) is 0 Å². The lowest BCUT2D eigenvalue weighted by Gasteiger charge is -2.32. The van der Waals surface area contributed by atoms with Crippen LogP contribution in [0.25, 0.3) is 11.3 Å². The summed E-state index contributed by atoms with van der Waals surface area (Å²) < 4.78 is 24.6. The highest BCUT2D eigenvalue weighted by Gasteiger charge is 2.33. The van der Waals surface area contributed by atoms with Crippen molar-refractivity contribution in [1.82, 2.24) is 10.3 Å².